The van der Waals surface area contributed by atoms with E-state index < -0.39 is 0 Å². The van der Waals surface area contributed by atoms with Crippen molar-refractivity contribution in [1.82, 2.24) is 19.8 Å². The number of fused-ring (bicyclic) bond motifs is 1. The summed E-state index contributed by atoms with van der Waals surface area (Å²) < 4.78 is 22.3. The molecule has 4 rings (SSSR count). The van der Waals surface area contributed by atoms with Gasteiger partial charge in [-0.05, 0) is 53.5 Å². The molecule has 0 aliphatic heterocycles. The summed E-state index contributed by atoms with van der Waals surface area (Å²) in [5, 5.41) is 16.3. The van der Waals surface area contributed by atoms with Crippen molar-refractivity contribution in [1.29, 1.82) is 0 Å². The SMILES string of the molecule is CCC(=NN=C1CCc2c(F)cccc21)OCc1c(C)cccc1-n1nnn(C)c1=O. The van der Waals surface area contributed by atoms with Gasteiger partial charge in [-0.1, -0.05) is 31.2 Å². The van der Waals surface area contributed by atoms with Crippen molar-refractivity contribution in [2.45, 2.75) is 39.7 Å². The van der Waals surface area contributed by atoms with Gasteiger partial charge < -0.3 is 4.74 Å². The average molecular weight is 422 g/mol. The van der Waals surface area contributed by atoms with Gasteiger partial charge in [-0.25, -0.2) is 9.18 Å². The van der Waals surface area contributed by atoms with E-state index in [4.69, 9.17) is 4.74 Å². The van der Waals surface area contributed by atoms with Crippen LogP contribution >= 0.6 is 0 Å². The first-order valence-electron chi connectivity index (χ1n) is 10.1. The van der Waals surface area contributed by atoms with Gasteiger partial charge >= 0.3 is 5.69 Å². The van der Waals surface area contributed by atoms with Crippen molar-refractivity contribution in [3.63, 3.8) is 0 Å². The molecule has 0 radical (unpaired) electrons. The average Bonchev–Trinajstić information content (AvgIpc) is 3.33. The monoisotopic (exact) mass is 422 g/mol. The number of ether oxygens (including phenoxy) is 1. The molecule has 0 bridgehead atoms. The molecule has 160 valence electrons. The zero-order valence-electron chi connectivity index (χ0n) is 17.7. The smallest absolute Gasteiger partial charge is 0.368 e. The molecule has 0 amide bonds. The van der Waals surface area contributed by atoms with E-state index in [1.54, 1.807) is 19.2 Å². The van der Waals surface area contributed by atoms with Crippen molar-refractivity contribution in [2.24, 2.45) is 17.3 Å². The van der Waals surface area contributed by atoms with Gasteiger partial charge in [0.1, 0.15) is 12.4 Å². The minimum absolute atomic E-state index is 0.202. The molecule has 0 saturated heterocycles. The second-order valence-electron chi connectivity index (χ2n) is 7.32. The molecule has 1 aliphatic rings. The molecule has 3 aromatic rings. The maximum Gasteiger partial charge on any atom is 0.368 e. The number of aromatic nitrogens is 4. The van der Waals surface area contributed by atoms with E-state index in [9.17, 15) is 9.18 Å². The van der Waals surface area contributed by atoms with Crippen LogP contribution in [0, 0.1) is 12.7 Å². The molecular weight excluding hydrogens is 399 g/mol. The Bertz CT molecular complexity index is 1240. The Morgan fingerprint density at radius 3 is 2.74 bits per heavy atom. The molecule has 0 saturated carbocycles. The first kappa shape index (κ1) is 20.6. The summed E-state index contributed by atoms with van der Waals surface area (Å²) in [6.45, 7) is 4.07. The summed E-state index contributed by atoms with van der Waals surface area (Å²) in [5.41, 5.74) is 4.29. The zero-order chi connectivity index (χ0) is 22.0. The van der Waals surface area contributed by atoms with Crippen LogP contribution in [0.25, 0.3) is 5.69 Å². The van der Waals surface area contributed by atoms with Crippen molar-refractivity contribution in [3.05, 3.63) is 75.0 Å². The molecule has 9 heteroatoms. The first-order chi connectivity index (χ1) is 15.0. The molecule has 0 N–H and O–H groups in total. The van der Waals surface area contributed by atoms with Crippen LogP contribution in [0.3, 0.4) is 0 Å². The number of aryl methyl sites for hydroxylation is 2. The fourth-order valence-electron chi connectivity index (χ4n) is 3.58. The largest absolute Gasteiger partial charge is 0.475 e. The van der Waals surface area contributed by atoms with Gasteiger partial charge in [0.05, 0.1) is 11.4 Å². The summed E-state index contributed by atoms with van der Waals surface area (Å²) in [6, 6.07) is 10.6. The highest BCUT2D eigenvalue weighted by atomic mass is 19.1. The lowest BCUT2D eigenvalue weighted by molar-refractivity contribution is 0.282. The van der Waals surface area contributed by atoms with Gasteiger partial charge in [-0.2, -0.15) is 14.5 Å². The quantitative estimate of drug-likeness (QED) is 0.359. The van der Waals surface area contributed by atoms with E-state index in [2.05, 4.69) is 20.6 Å². The number of benzene rings is 2. The third-order valence-electron chi connectivity index (χ3n) is 5.34. The van der Waals surface area contributed by atoms with E-state index in [0.29, 0.717) is 36.4 Å². The van der Waals surface area contributed by atoms with Crippen LogP contribution in [-0.2, 0) is 24.8 Å². The van der Waals surface area contributed by atoms with E-state index >= 15 is 0 Å². The predicted molar refractivity (Wildman–Crippen MR) is 115 cm³/mol. The number of hydrogen-bond donors (Lipinski definition) is 0. The Morgan fingerprint density at radius 1 is 1.19 bits per heavy atom. The van der Waals surface area contributed by atoms with Gasteiger partial charge in [0.2, 0.25) is 5.90 Å². The lowest BCUT2D eigenvalue weighted by Gasteiger charge is -2.13. The number of tetrazole rings is 1. The van der Waals surface area contributed by atoms with Gasteiger partial charge in [0.25, 0.3) is 0 Å². The van der Waals surface area contributed by atoms with Crippen LogP contribution in [0.4, 0.5) is 4.39 Å². The minimum Gasteiger partial charge on any atom is -0.475 e. The van der Waals surface area contributed by atoms with Crippen LogP contribution in [0.5, 0.6) is 0 Å². The molecule has 8 nitrogen and oxygen atoms in total. The Balaban J connectivity index is 1.58. The minimum atomic E-state index is -0.338. The number of nitrogens with zero attached hydrogens (tertiary/aromatic N) is 6. The maximum absolute atomic E-state index is 13.9. The molecule has 0 spiro atoms. The molecule has 2 aromatic carbocycles. The number of rotatable bonds is 5. The van der Waals surface area contributed by atoms with Crippen LogP contribution in [0.2, 0.25) is 0 Å². The molecule has 1 heterocycles. The van der Waals surface area contributed by atoms with E-state index in [1.807, 2.05) is 32.0 Å². The van der Waals surface area contributed by atoms with Gasteiger partial charge in [0.15, 0.2) is 0 Å². The molecule has 0 unspecified atom stereocenters. The third kappa shape index (κ3) is 4.03. The van der Waals surface area contributed by atoms with Gasteiger partial charge in [-0.15, -0.1) is 5.10 Å². The van der Waals surface area contributed by atoms with Crippen molar-refractivity contribution < 1.29 is 9.13 Å². The molecule has 1 aromatic heterocycles. The highest BCUT2D eigenvalue weighted by Crippen LogP contribution is 2.25. The Morgan fingerprint density at radius 2 is 2.00 bits per heavy atom. The van der Waals surface area contributed by atoms with Crippen molar-refractivity contribution in [2.75, 3.05) is 0 Å². The maximum atomic E-state index is 13.9. The second-order valence-corrected chi connectivity index (χ2v) is 7.32. The number of hydrogen-bond acceptors (Lipinski definition) is 6. The van der Waals surface area contributed by atoms with E-state index in [-0.39, 0.29) is 18.1 Å². The van der Waals surface area contributed by atoms with Gasteiger partial charge in [0, 0.05) is 24.6 Å². The van der Waals surface area contributed by atoms with E-state index in [1.165, 1.54) is 15.4 Å². The van der Waals surface area contributed by atoms with Crippen LogP contribution in [0.1, 0.15) is 42.0 Å². The van der Waals surface area contributed by atoms with Crippen molar-refractivity contribution in [3.8, 4) is 5.69 Å². The zero-order valence-corrected chi connectivity index (χ0v) is 17.7. The predicted octanol–water partition coefficient (Wildman–Crippen LogP) is 3.09. The second kappa shape index (κ2) is 8.63. The Hall–Kier alpha value is -3.62. The van der Waals surface area contributed by atoms with Crippen LogP contribution in [0.15, 0.2) is 51.4 Å². The fourth-order valence-corrected chi connectivity index (χ4v) is 3.58. The van der Waals surface area contributed by atoms with Crippen LogP contribution < -0.4 is 5.69 Å². The Kier molecular flexibility index (Phi) is 5.75. The molecule has 31 heavy (non-hydrogen) atoms. The first-order valence-corrected chi connectivity index (χ1v) is 10.1. The molecular formula is C22H23FN6O2. The summed E-state index contributed by atoms with van der Waals surface area (Å²) in [4.78, 5) is 12.3. The molecule has 0 fully saturated rings. The summed E-state index contributed by atoms with van der Waals surface area (Å²) in [7, 11) is 1.55. The molecule has 1 aliphatic carbocycles. The lowest BCUT2D eigenvalue weighted by Crippen LogP contribution is -2.23. The molecule has 0 atom stereocenters. The normalized spacial score (nSPS) is 14.8. The standard InChI is InChI=1S/C22H23FN6O2/c1-4-21(25-24-19-12-11-15-16(19)8-6-9-18(15)23)31-13-17-14(2)7-5-10-20(17)29-22(30)28(3)26-27-29/h5-10H,4,11-13H2,1-3H3. The highest BCUT2D eigenvalue weighted by molar-refractivity contribution is 6.04. The lowest BCUT2D eigenvalue weighted by atomic mass is 10.1. The fraction of sp³-hybridized carbons (Fsp3) is 0.318. The number of halogens is 1. The highest BCUT2D eigenvalue weighted by Gasteiger charge is 2.21. The summed E-state index contributed by atoms with van der Waals surface area (Å²) in [5.74, 6) is 0.253. The topological polar surface area (TPSA) is 86.7 Å². The summed E-state index contributed by atoms with van der Waals surface area (Å²) in [6.07, 6.45) is 1.81. The Labute approximate surface area is 178 Å². The third-order valence-corrected chi connectivity index (χ3v) is 5.34. The van der Waals surface area contributed by atoms with Crippen molar-refractivity contribution >= 4 is 11.6 Å². The summed E-state index contributed by atoms with van der Waals surface area (Å²) >= 11 is 0. The van der Waals surface area contributed by atoms with E-state index in [0.717, 1.165) is 22.4 Å². The van der Waals surface area contributed by atoms with Crippen LogP contribution in [-0.4, -0.2) is 31.4 Å². The van der Waals surface area contributed by atoms with Gasteiger partial charge in [-0.3, -0.25) is 0 Å².